The standard InChI is InChI=1S/C11H23NOS/c1-9(7-11(2,3)13-4)12-10-5-6-14-8-10/h9-10,12H,5-8H2,1-4H3. The smallest absolute Gasteiger partial charge is 0.0637 e. The SMILES string of the molecule is COC(C)(C)CC(C)NC1CCSC1. The molecule has 0 aromatic rings. The average Bonchev–Trinajstić information content (AvgIpc) is 2.55. The molecule has 1 fully saturated rings. The van der Waals surface area contributed by atoms with Gasteiger partial charge in [-0.1, -0.05) is 0 Å². The molecule has 0 aromatic carbocycles. The molecule has 84 valence electrons. The lowest BCUT2D eigenvalue weighted by Gasteiger charge is -2.28. The van der Waals surface area contributed by atoms with Gasteiger partial charge in [-0.15, -0.1) is 0 Å². The zero-order valence-electron chi connectivity index (χ0n) is 9.80. The molecule has 0 radical (unpaired) electrons. The molecule has 0 bridgehead atoms. The highest BCUT2D eigenvalue weighted by molar-refractivity contribution is 7.99. The molecule has 2 unspecified atom stereocenters. The molecular weight excluding hydrogens is 194 g/mol. The molecule has 2 nitrogen and oxygen atoms in total. The Morgan fingerprint density at radius 1 is 1.57 bits per heavy atom. The summed E-state index contributed by atoms with van der Waals surface area (Å²) in [6, 6.07) is 1.27. The van der Waals surface area contributed by atoms with Crippen LogP contribution in [0, 0.1) is 0 Å². The number of rotatable bonds is 5. The molecule has 0 amide bonds. The first-order valence-corrected chi connectivity index (χ1v) is 6.58. The van der Waals surface area contributed by atoms with Gasteiger partial charge in [-0.25, -0.2) is 0 Å². The summed E-state index contributed by atoms with van der Waals surface area (Å²) in [5, 5.41) is 3.67. The minimum atomic E-state index is -0.00182. The lowest BCUT2D eigenvalue weighted by Crippen LogP contribution is -2.41. The second kappa shape index (κ2) is 5.38. The molecule has 1 rings (SSSR count). The maximum atomic E-state index is 5.43. The van der Waals surface area contributed by atoms with Crippen LogP contribution in [0.5, 0.6) is 0 Å². The molecule has 14 heavy (non-hydrogen) atoms. The molecule has 1 heterocycles. The highest BCUT2D eigenvalue weighted by atomic mass is 32.2. The monoisotopic (exact) mass is 217 g/mol. The van der Waals surface area contributed by atoms with Gasteiger partial charge in [0.15, 0.2) is 0 Å². The van der Waals surface area contributed by atoms with E-state index in [1.54, 1.807) is 7.11 Å². The van der Waals surface area contributed by atoms with Gasteiger partial charge in [0.25, 0.3) is 0 Å². The fourth-order valence-electron chi connectivity index (χ4n) is 1.95. The Kier molecular flexibility index (Phi) is 4.74. The molecule has 0 spiro atoms. The van der Waals surface area contributed by atoms with Gasteiger partial charge in [0.2, 0.25) is 0 Å². The van der Waals surface area contributed by atoms with Gasteiger partial charge < -0.3 is 10.1 Å². The minimum absolute atomic E-state index is 0.00182. The average molecular weight is 217 g/mol. The summed E-state index contributed by atoms with van der Waals surface area (Å²) in [6.45, 7) is 6.55. The van der Waals surface area contributed by atoms with E-state index in [9.17, 15) is 0 Å². The second-order valence-electron chi connectivity index (χ2n) is 4.80. The number of hydrogen-bond acceptors (Lipinski definition) is 3. The van der Waals surface area contributed by atoms with Gasteiger partial charge in [-0.2, -0.15) is 11.8 Å². The molecule has 2 atom stereocenters. The topological polar surface area (TPSA) is 21.3 Å². The normalized spacial score (nSPS) is 25.3. The van der Waals surface area contributed by atoms with Crippen LogP contribution in [0.1, 0.15) is 33.6 Å². The van der Waals surface area contributed by atoms with Crippen LogP contribution >= 0.6 is 11.8 Å². The third kappa shape index (κ3) is 4.20. The third-order valence-electron chi connectivity index (χ3n) is 2.80. The first kappa shape index (κ1) is 12.3. The first-order chi connectivity index (χ1) is 6.53. The van der Waals surface area contributed by atoms with Gasteiger partial charge in [-0.05, 0) is 39.4 Å². The molecule has 1 aliphatic heterocycles. The summed E-state index contributed by atoms with van der Waals surface area (Å²) in [7, 11) is 1.79. The van der Waals surface area contributed by atoms with Crippen LogP contribution in [0.4, 0.5) is 0 Å². The van der Waals surface area contributed by atoms with E-state index in [0.717, 1.165) is 12.5 Å². The van der Waals surface area contributed by atoms with Crippen molar-refractivity contribution < 1.29 is 4.74 Å². The molecule has 0 saturated carbocycles. The van der Waals surface area contributed by atoms with Crippen LogP contribution in [0.2, 0.25) is 0 Å². The lowest BCUT2D eigenvalue weighted by atomic mass is 9.99. The fourth-order valence-corrected chi connectivity index (χ4v) is 3.11. The second-order valence-corrected chi connectivity index (χ2v) is 5.95. The van der Waals surface area contributed by atoms with Gasteiger partial charge in [0, 0.05) is 24.9 Å². The van der Waals surface area contributed by atoms with Gasteiger partial charge in [0.1, 0.15) is 0 Å². The molecule has 1 saturated heterocycles. The van der Waals surface area contributed by atoms with Crippen molar-refractivity contribution in [3.05, 3.63) is 0 Å². The molecule has 0 aliphatic carbocycles. The minimum Gasteiger partial charge on any atom is -0.379 e. The molecule has 0 aromatic heterocycles. The Bertz CT molecular complexity index is 167. The van der Waals surface area contributed by atoms with E-state index in [2.05, 4.69) is 37.8 Å². The van der Waals surface area contributed by atoms with Crippen molar-refractivity contribution in [2.24, 2.45) is 0 Å². The van der Waals surface area contributed by atoms with Crippen molar-refractivity contribution in [3.63, 3.8) is 0 Å². The van der Waals surface area contributed by atoms with Crippen molar-refractivity contribution in [3.8, 4) is 0 Å². The van der Waals surface area contributed by atoms with Crippen molar-refractivity contribution >= 4 is 11.8 Å². The van der Waals surface area contributed by atoms with E-state index in [1.165, 1.54) is 17.9 Å². The van der Waals surface area contributed by atoms with Crippen molar-refractivity contribution in [1.29, 1.82) is 0 Å². The predicted octanol–water partition coefficient (Wildman–Crippen LogP) is 2.29. The first-order valence-electron chi connectivity index (χ1n) is 5.42. The summed E-state index contributed by atoms with van der Waals surface area (Å²) in [6.07, 6.45) is 2.40. The Labute approximate surface area is 92.2 Å². The van der Waals surface area contributed by atoms with Gasteiger partial charge in [0.05, 0.1) is 5.60 Å². The predicted molar refractivity (Wildman–Crippen MR) is 64.0 cm³/mol. The maximum Gasteiger partial charge on any atom is 0.0637 e. The Morgan fingerprint density at radius 2 is 2.29 bits per heavy atom. The number of nitrogens with one attached hydrogen (secondary N) is 1. The van der Waals surface area contributed by atoms with Crippen molar-refractivity contribution in [2.45, 2.75) is 51.3 Å². The van der Waals surface area contributed by atoms with Crippen LogP contribution in [0.25, 0.3) is 0 Å². The van der Waals surface area contributed by atoms with E-state index in [0.29, 0.717) is 6.04 Å². The summed E-state index contributed by atoms with van der Waals surface area (Å²) >= 11 is 2.05. The number of ether oxygens (including phenoxy) is 1. The van der Waals surface area contributed by atoms with Crippen LogP contribution in [0.15, 0.2) is 0 Å². The van der Waals surface area contributed by atoms with E-state index in [4.69, 9.17) is 4.74 Å². The van der Waals surface area contributed by atoms with E-state index in [1.807, 2.05) is 0 Å². The van der Waals surface area contributed by atoms with Gasteiger partial charge in [-0.3, -0.25) is 0 Å². The largest absolute Gasteiger partial charge is 0.379 e. The van der Waals surface area contributed by atoms with Gasteiger partial charge >= 0.3 is 0 Å². The molecular formula is C11H23NOS. The summed E-state index contributed by atoms with van der Waals surface area (Å²) in [5.74, 6) is 2.59. The van der Waals surface area contributed by atoms with Crippen LogP contribution in [-0.2, 0) is 4.74 Å². The highest BCUT2D eigenvalue weighted by Crippen LogP contribution is 2.20. The quantitative estimate of drug-likeness (QED) is 0.763. The Balaban J connectivity index is 2.23. The van der Waals surface area contributed by atoms with Crippen molar-refractivity contribution in [2.75, 3.05) is 18.6 Å². The summed E-state index contributed by atoms with van der Waals surface area (Å²) in [5.41, 5.74) is -0.00182. The summed E-state index contributed by atoms with van der Waals surface area (Å²) < 4.78 is 5.43. The van der Waals surface area contributed by atoms with Crippen molar-refractivity contribution in [1.82, 2.24) is 5.32 Å². The lowest BCUT2D eigenvalue weighted by molar-refractivity contribution is 0.00792. The number of methoxy groups -OCH3 is 1. The zero-order chi connectivity index (χ0) is 10.6. The number of hydrogen-bond donors (Lipinski definition) is 1. The maximum absolute atomic E-state index is 5.43. The third-order valence-corrected chi connectivity index (χ3v) is 3.96. The fraction of sp³-hybridized carbons (Fsp3) is 1.00. The Morgan fingerprint density at radius 3 is 2.79 bits per heavy atom. The molecule has 1 N–H and O–H groups in total. The summed E-state index contributed by atoms with van der Waals surface area (Å²) in [4.78, 5) is 0. The van der Waals surface area contributed by atoms with E-state index < -0.39 is 0 Å². The van der Waals surface area contributed by atoms with Crippen LogP contribution in [0.3, 0.4) is 0 Å². The number of thioether (sulfide) groups is 1. The van der Waals surface area contributed by atoms with Crippen LogP contribution in [-0.4, -0.2) is 36.3 Å². The molecule has 3 heteroatoms. The zero-order valence-corrected chi connectivity index (χ0v) is 10.6. The van der Waals surface area contributed by atoms with E-state index >= 15 is 0 Å². The van der Waals surface area contributed by atoms with Crippen LogP contribution < -0.4 is 5.32 Å². The molecule has 1 aliphatic rings. The highest BCUT2D eigenvalue weighted by Gasteiger charge is 2.23. The Hall–Kier alpha value is 0.270. The van der Waals surface area contributed by atoms with E-state index in [-0.39, 0.29) is 5.60 Å².